The molecule has 1 aromatic carbocycles. The Kier molecular flexibility index (Phi) is 3.75. The third kappa shape index (κ3) is 2.64. The molecule has 0 bridgehead atoms. The van der Waals surface area contributed by atoms with Crippen LogP contribution >= 0.6 is 0 Å². The van der Waals surface area contributed by atoms with Crippen LogP contribution in [0.15, 0.2) is 35.6 Å². The maximum atomic E-state index is 12.7. The Bertz CT molecular complexity index is 1130. The van der Waals surface area contributed by atoms with Crippen molar-refractivity contribution >= 4 is 26.6 Å². The van der Waals surface area contributed by atoms with E-state index in [-0.39, 0.29) is 17.0 Å². The molecule has 9 heteroatoms. The SMILES string of the molecule is Cc1ccc(NS(=O)(=O)c2cnn(C3CC(O)C3)c2)c2[nH]cc(C#N)c12. The Balaban J connectivity index is 1.67. The lowest BCUT2D eigenvalue weighted by Crippen LogP contribution is -2.31. The molecule has 3 N–H and O–H groups in total. The van der Waals surface area contributed by atoms with Gasteiger partial charge in [0.2, 0.25) is 0 Å². The molecule has 1 aliphatic carbocycles. The van der Waals surface area contributed by atoms with E-state index in [9.17, 15) is 18.8 Å². The number of aromatic nitrogens is 3. The van der Waals surface area contributed by atoms with Crippen LogP contribution in [0.5, 0.6) is 0 Å². The molecule has 134 valence electrons. The minimum atomic E-state index is -3.82. The molecule has 2 aromatic heterocycles. The Morgan fingerprint density at radius 2 is 2.19 bits per heavy atom. The number of aliphatic hydroxyl groups excluding tert-OH is 1. The molecule has 0 spiro atoms. The molecular formula is C17H17N5O3S. The lowest BCUT2D eigenvalue weighted by molar-refractivity contribution is 0.0433. The van der Waals surface area contributed by atoms with Crippen LogP contribution in [-0.2, 0) is 10.0 Å². The van der Waals surface area contributed by atoms with Crippen LogP contribution in [0.4, 0.5) is 5.69 Å². The van der Waals surface area contributed by atoms with Crippen LogP contribution in [0.2, 0.25) is 0 Å². The van der Waals surface area contributed by atoms with E-state index in [1.54, 1.807) is 23.0 Å². The zero-order chi connectivity index (χ0) is 18.5. The van der Waals surface area contributed by atoms with Crippen molar-refractivity contribution in [2.45, 2.75) is 36.8 Å². The first-order chi connectivity index (χ1) is 12.4. The summed E-state index contributed by atoms with van der Waals surface area (Å²) in [7, 11) is -3.82. The monoisotopic (exact) mass is 371 g/mol. The molecule has 0 amide bonds. The van der Waals surface area contributed by atoms with Gasteiger partial charge in [0.15, 0.2) is 0 Å². The lowest BCUT2D eigenvalue weighted by Gasteiger charge is -2.31. The average Bonchev–Trinajstić information content (AvgIpc) is 3.22. The number of hydrogen-bond donors (Lipinski definition) is 3. The number of nitrogens with zero attached hydrogens (tertiary/aromatic N) is 3. The second-order valence-corrected chi connectivity index (χ2v) is 8.22. The highest BCUT2D eigenvalue weighted by molar-refractivity contribution is 7.92. The van der Waals surface area contributed by atoms with Gasteiger partial charge in [-0.15, -0.1) is 0 Å². The van der Waals surface area contributed by atoms with Crippen molar-refractivity contribution in [1.29, 1.82) is 5.26 Å². The minimum Gasteiger partial charge on any atom is -0.393 e. The van der Waals surface area contributed by atoms with Gasteiger partial charge in [-0.1, -0.05) is 6.07 Å². The van der Waals surface area contributed by atoms with Crippen molar-refractivity contribution < 1.29 is 13.5 Å². The summed E-state index contributed by atoms with van der Waals surface area (Å²) in [4.78, 5) is 3.03. The number of anilines is 1. The molecule has 0 aliphatic heterocycles. The van der Waals surface area contributed by atoms with Gasteiger partial charge in [-0.05, 0) is 31.4 Å². The van der Waals surface area contributed by atoms with E-state index in [1.807, 2.05) is 6.92 Å². The topological polar surface area (TPSA) is 124 Å². The van der Waals surface area contributed by atoms with E-state index in [0.29, 0.717) is 35.0 Å². The first-order valence-corrected chi connectivity index (χ1v) is 9.63. The molecule has 1 fully saturated rings. The summed E-state index contributed by atoms with van der Waals surface area (Å²) in [6.45, 7) is 1.87. The Labute approximate surface area is 150 Å². The third-order valence-electron chi connectivity index (χ3n) is 4.76. The molecule has 26 heavy (non-hydrogen) atoms. The average molecular weight is 371 g/mol. The molecule has 0 saturated heterocycles. The Morgan fingerprint density at radius 1 is 1.42 bits per heavy atom. The smallest absolute Gasteiger partial charge is 0.265 e. The summed E-state index contributed by atoms with van der Waals surface area (Å²) in [6, 6.07) is 5.57. The predicted molar refractivity (Wildman–Crippen MR) is 95.1 cm³/mol. The Morgan fingerprint density at radius 3 is 2.88 bits per heavy atom. The molecule has 1 aliphatic rings. The van der Waals surface area contributed by atoms with Crippen molar-refractivity contribution in [3.8, 4) is 6.07 Å². The van der Waals surface area contributed by atoms with E-state index in [4.69, 9.17) is 0 Å². The molecule has 4 rings (SSSR count). The van der Waals surface area contributed by atoms with Gasteiger partial charge in [-0.25, -0.2) is 8.42 Å². The van der Waals surface area contributed by atoms with Crippen LogP contribution in [0, 0.1) is 18.3 Å². The second kappa shape index (κ2) is 5.86. The summed E-state index contributed by atoms with van der Waals surface area (Å²) in [5.41, 5.74) is 2.30. The number of H-pyrrole nitrogens is 1. The van der Waals surface area contributed by atoms with Gasteiger partial charge in [0.05, 0.1) is 35.1 Å². The zero-order valence-corrected chi connectivity index (χ0v) is 14.8. The number of nitrogens with one attached hydrogen (secondary N) is 2. The van der Waals surface area contributed by atoms with Gasteiger partial charge in [0.25, 0.3) is 10.0 Å². The van der Waals surface area contributed by atoms with Crippen molar-refractivity contribution in [1.82, 2.24) is 14.8 Å². The van der Waals surface area contributed by atoms with Gasteiger partial charge in [-0.3, -0.25) is 9.40 Å². The largest absolute Gasteiger partial charge is 0.393 e. The predicted octanol–water partition coefficient (Wildman–Crippen LogP) is 2.04. The number of rotatable bonds is 4. The maximum Gasteiger partial charge on any atom is 0.265 e. The highest BCUT2D eigenvalue weighted by atomic mass is 32.2. The van der Waals surface area contributed by atoms with E-state index < -0.39 is 10.0 Å². The van der Waals surface area contributed by atoms with Gasteiger partial charge in [0.1, 0.15) is 11.0 Å². The highest BCUT2D eigenvalue weighted by Gasteiger charge is 2.30. The third-order valence-corrected chi connectivity index (χ3v) is 6.08. The normalized spacial score (nSPS) is 19.9. The highest BCUT2D eigenvalue weighted by Crippen LogP contribution is 2.33. The summed E-state index contributed by atoms with van der Waals surface area (Å²) in [5, 5.41) is 23.4. The van der Waals surface area contributed by atoms with Gasteiger partial charge in [-0.2, -0.15) is 10.4 Å². The van der Waals surface area contributed by atoms with E-state index in [1.165, 1.54) is 12.4 Å². The van der Waals surface area contributed by atoms with Gasteiger partial charge in [0, 0.05) is 17.8 Å². The number of aromatic amines is 1. The summed E-state index contributed by atoms with van der Waals surface area (Å²) in [6.07, 6.45) is 5.15. The maximum absolute atomic E-state index is 12.7. The standard InChI is InChI=1S/C17H17N5O3S/c1-10-2-3-15(17-16(10)11(6-18)7-19-17)21-26(24,25)14-8-20-22(9-14)12-4-13(23)5-12/h2-3,7-9,12-13,19,21,23H,4-5H2,1H3. The Hall–Kier alpha value is -2.83. The number of benzene rings is 1. The summed E-state index contributed by atoms with van der Waals surface area (Å²) < 4.78 is 29.6. The minimum absolute atomic E-state index is 0.0293. The lowest BCUT2D eigenvalue weighted by atomic mass is 9.90. The molecule has 0 atom stereocenters. The molecule has 8 nitrogen and oxygen atoms in total. The van der Waals surface area contributed by atoms with E-state index in [0.717, 1.165) is 5.56 Å². The number of aryl methyl sites for hydroxylation is 1. The van der Waals surface area contributed by atoms with Crippen molar-refractivity contribution in [2.24, 2.45) is 0 Å². The van der Waals surface area contributed by atoms with Crippen molar-refractivity contribution in [2.75, 3.05) is 4.72 Å². The molecular weight excluding hydrogens is 354 g/mol. The quantitative estimate of drug-likeness (QED) is 0.647. The molecule has 1 saturated carbocycles. The van der Waals surface area contributed by atoms with Gasteiger partial charge < -0.3 is 10.1 Å². The first-order valence-electron chi connectivity index (χ1n) is 8.15. The van der Waals surface area contributed by atoms with E-state index >= 15 is 0 Å². The van der Waals surface area contributed by atoms with Crippen LogP contribution in [0.3, 0.4) is 0 Å². The van der Waals surface area contributed by atoms with Crippen molar-refractivity contribution in [3.63, 3.8) is 0 Å². The number of sulfonamides is 1. The summed E-state index contributed by atoms with van der Waals surface area (Å²) in [5.74, 6) is 0. The molecule has 0 unspecified atom stereocenters. The van der Waals surface area contributed by atoms with Gasteiger partial charge >= 0.3 is 0 Å². The zero-order valence-electron chi connectivity index (χ0n) is 14.0. The van der Waals surface area contributed by atoms with Crippen LogP contribution in [-0.4, -0.2) is 34.4 Å². The number of aliphatic hydroxyl groups is 1. The molecule has 0 radical (unpaired) electrons. The summed E-state index contributed by atoms with van der Waals surface area (Å²) >= 11 is 0. The van der Waals surface area contributed by atoms with Crippen molar-refractivity contribution in [3.05, 3.63) is 41.9 Å². The number of hydrogen-bond acceptors (Lipinski definition) is 5. The molecule has 2 heterocycles. The second-order valence-electron chi connectivity index (χ2n) is 6.53. The fourth-order valence-electron chi connectivity index (χ4n) is 3.23. The fraction of sp³-hybridized carbons (Fsp3) is 0.294. The van der Waals surface area contributed by atoms with Crippen LogP contribution in [0.25, 0.3) is 10.9 Å². The number of nitriles is 1. The number of fused-ring (bicyclic) bond motifs is 1. The first kappa shape index (κ1) is 16.6. The van der Waals surface area contributed by atoms with E-state index in [2.05, 4.69) is 20.9 Å². The van der Waals surface area contributed by atoms with Crippen LogP contribution in [0.1, 0.15) is 30.0 Å². The van der Waals surface area contributed by atoms with Crippen LogP contribution < -0.4 is 4.72 Å². The fourth-order valence-corrected chi connectivity index (χ4v) is 4.24. The molecule has 3 aromatic rings.